The number of para-hydroxylation sites is 1. The first-order chi connectivity index (χ1) is 12.3. The highest BCUT2D eigenvalue weighted by molar-refractivity contribution is 5.53. The van der Waals surface area contributed by atoms with Crippen LogP contribution in [0.1, 0.15) is 17.5 Å². The van der Waals surface area contributed by atoms with E-state index in [9.17, 15) is 0 Å². The van der Waals surface area contributed by atoms with Crippen LogP contribution in [-0.4, -0.2) is 34.2 Å². The third kappa shape index (κ3) is 3.32. The number of hydrogen-bond donors (Lipinski definition) is 1. The second-order valence-electron chi connectivity index (χ2n) is 6.47. The second-order valence-corrected chi connectivity index (χ2v) is 6.47. The molecule has 0 radical (unpaired) electrons. The Hall–Kier alpha value is -2.91. The molecule has 3 aromatic rings. The third-order valence-corrected chi connectivity index (χ3v) is 4.70. The minimum atomic E-state index is 0.506. The van der Waals surface area contributed by atoms with Gasteiger partial charge in [0.1, 0.15) is 11.6 Å². The van der Waals surface area contributed by atoms with Gasteiger partial charge in [0.2, 0.25) is 0 Å². The number of hydrogen-bond acceptors (Lipinski definition) is 5. The molecule has 2 aromatic heterocycles. The predicted octanol–water partition coefficient (Wildman–Crippen LogP) is 2.22. The van der Waals surface area contributed by atoms with E-state index in [2.05, 4.69) is 56.7 Å². The second kappa shape index (κ2) is 6.91. The highest BCUT2D eigenvalue weighted by Gasteiger charge is 2.22. The van der Waals surface area contributed by atoms with Crippen molar-refractivity contribution in [3.63, 3.8) is 0 Å². The predicted molar refractivity (Wildman–Crippen MR) is 96.2 cm³/mol. The van der Waals surface area contributed by atoms with Gasteiger partial charge in [0.25, 0.3) is 0 Å². The maximum atomic E-state index is 9.00. The Balaban J connectivity index is 1.30. The first kappa shape index (κ1) is 15.6. The molecule has 0 bridgehead atoms. The highest BCUT2D eigenvalue weighted by atomic mass is 15.2. The SMILES string of the molecule is N#Cc1cnn2cc(CNCC3CCN(c4ccccc4)C3)cnc12. The van der Waals surface area contributed by atoms with E-state index in [4.69, 9.17) is 5.26 Å². The molecule has 3 heterocycles. The summed E-state index contributed by atoms with van der Waals surface area (Å²) in [5.41, 5.74) is 3.50. The van der Waals surface area contributed by atoms with Crippen LogP contribution >= 0.6 is 0 Å². The summed E-state index contributed by atoms with van der Waals surface area (Å²) in [6.45, 7) is 3.96. The molecule has 1 aliphatic rings. The van der Waals surface area contributed by atoms with Crippen molar-refractivity contribution in [1.29, 1.82) is 5.26 Å². The summed E-state index contributed by atoms with van der Waals surface area (Å²) in [6, 6.07) is 12.7. The number of nitriles is 1. The van der Waals surface area contributed by atoms with Gasteiger partial charge in [0, 0.05) is 49.8 Å². The molecule has 0 spiro atoms. The Bertz CT molecular complexity index is 895. The van der Waals surface area contributed by atoms with Crippen molar-refractivity contribution < 1.29 is 0 Å². The molecule has 6 nitrogen and oxygen atoms in total. The molecule has 1 aromatic carbocycles. The fraction of sp³-hybridized carbons (Fsp3) is 0.316. The zero-order chi connectivity index (χ0) is 17.1. The van der Waals surface area contributed by atoms with Gasteiger partial charge < -0.3 is 10.2 Å². The quantitative estimate of drug-likeness (QED) is 0.776. The topological polar surface area (TPSA) is 69.2 Å². The lowest BCUT2D eigenvalue weighted by Gasteiger charge is -2.18. The van der Waals surface area contributed by atoms with Gasteiger partial charge in [-0.2, -0.15) is 10.4 Å². The van der Waals surface area contributed by atoms with Crippen molar-refractivity contribution in [3.8, 4) is 6.07 Å². The van der Waals surface area contributed by atoms with Gasteiger partial charge in [-0.25, -0.2) is 9.50 Å². The minimum absolute atomic E-state index is 0.506. The molecule has 4 rings (SSSR count). The molecule has 6 heteroatoms. The van der Waals surface area contributed by atoms with Crippen molar-refractivity contribution in [2.75, 3.05) is 24.5 Å². The van der Waals surface area contributed by atoms with Crippen molar-refractivity contribution in [2.45, 2.75) is 13.0 Å². The molecule has 1 atom stereocenters. The Morgan fingerprint density at radius 2 is 2.12 bits per heavy atom. The van der Waals surface area contributed by atoms with E-state index in [1.165, 1.54) is 12.1 Å². The van der Waals surface area contributed by atoms with E-state index < -0.39 is 0 Å². The van der Waals surface area contributed by atoms with Gasteiger partial charge in [0.05, 0.1) is 6.20 Å². The van der Waals surface area contributed by atoms with Crippen LogP contribution in [-0.2, 0) is 6.54 Å². The zero-order valence-corrected chi connectivity index (χ0v) is 14.0. The van der Waals surface area contributed by atoms with Crippen LogP contribution < -0.4 is 10.2 Å². The number of nitrogens with zero attached hydrogens (tertiary/aromatic N) is 5. The van der Waals surface area contributed by atoms with Crippen molar-refractivity contribution >= 4 is 11.3 Å². The smallest absolute Gasteiger partial charge is 0.172 e. The maximum Gasteiger partial charge on any atom is 0.172 e. The largest absolute Gasteiger partial charge is 0.371 e. The summed E-state index contributed by atoms with van der Waals surface area (Å²) in [7, 11) is 0. The standard InChI is InChI=1S/C19H20N6/c20-8-17-12-23-25-14-16(11-22-19(17)25)10-21-9-15-6-7-24(13-15)18-4-2-1-3-5-18/h1-5,11-12,14-15,21H,6-7,9-10,13H2. The number of aromatic nitrogens is 3. The van der Waals surface area contributed by atoms with Crippen LogP contribution in [0.5, 0.6) is 0 Å². The van der Waals surface area contributed by atoms with Gasteiger partial charge in [-0.05, 0) is 24.5 Å². The van der Waals surface area contributed by atoms with E-state index in [1.54, 1.807) is 10.7 Å². The van der Waals surface area contributed by atoms with Crippen LogP contribution in [0.3, 0.4) is 0 Å². The van der Waals surface area contributed by atoms with Crippen LogP contribution in [0.2, 0.25) is 0 Å². The molecular formula is C19H20N6. The lowest BCUT2D eigenvalue weighted by Crippen LogP contribution is -2.26. The van der Waals surface area contributed by atoms with Gasteiger partial charge >= 0.3 is 0 Å². The first-order valence-corrected chi connectivity index (χ1v) is 8.56. The van der Waals surface area contributed by atoms with Gasteiger partial charge in [-0.3, -0.25) is 0 Å². The van der Waals surface area contributed by atoms with E-state index in [0.29, 0.717) is 17.1 Å². The summed E-state index contributed by atoms with van der Waals surface area (Å²) in [6.07, 6.45) is 6.51. The molecule has 1 unspecified atom stereocenters. The molecule has 1 aliphatic heterocycles. The third-order valence-electron chi connectivity index (χ3n) is 4.70. The Kier molecular flexibility index (Phi) is 4.32. The maximum absolute atomic E-state index is 9.00. The Morgan fingerprint density at radius 1 is 1.24 bits per heavy atom. The number of fused-ring (bicyclic) bond motifs is 1. The number of benzene rings is 1. The molecular weight excluding hydrogens is 312 g/mol. The molecule has 0 aliphatic carbocycles. The van der Waals surface area contributed by atoms with Crippen molar-refractivity contribution in [1.82, 2.24) is 19.9 Å². The lowest BCUT2D eigenvalue weighted by molar-refractivity contribution is 0.515. The van der Waals surface area contributed by atoms with Gasteiger partial charge in [0.15, 0.2) is 5.65 Å². The Labute approximate surface area is 146 Å². The van der Waals surface area contributed by atoms with E-state index in [-0.39, 0.29) is 0 Å². The van der Waals surface area contributed by atoms with Crippen LogP contribution in [0.25, 0.3) is 5.65 Å². The first-order valence-electron chi connectivity index (χ1n) is 8.56. The van der Waals surface area contributed by atoms with Gasteiger partial charge in [-0.1, -0.05) is 18.2 Å². The lowest BCUT2D eigenvalue weighted by atomic mass is 10.1. The van der Waals surface area contributed by atoms with E-state index in [0.717, 1.165) is 31.7 Å². The molecule has 1 fully saturated rings. The normalized spacial score (nSPS) is 17.1. The van der Waals surface area contributed by atoms with E-state index in [1.807, 2.05) is 12.4 Å². The summed E-state index contributed by atoms with van der Waals surface area (Å²) < 4.78 is 1.67. The van der Waals surface area contributed by atoms with Crippen LogP contribution in [0.15, 0.2) is 48.9 Å². The van der Waals surface area contributed by atoms with E-state index >= 15 is 0 Å². The van der Waals surface area contributed by atoms with Gasteiger partial charge in [-0.15, -0.1) is 0 Å². The van der Waals surface area contributed by atoms with Crippen molar-refractivity contribution in [3.05, 3.63) is 60.0 Å². The van der Waals surface area contributed by atoms with Crippen molar-refractivity contribution in [2.24, 2.45) is 5.92 Å². The molecule has 0 amide bonds. The molecule has 1 saturated heterocycles. The summed E-state index contributed by atoms with van der Waals surface area (Å²) in [5.74, 6) is 0.659. The zero-order valence-electron chi connectivity index (χ0n) is 14.0. The highest BCUT2D eigenvalue weighted by Crippen LogP contribution is 2.23. The molecule has 126 valence electrons. The van der Waals surface area contributed by atoms with Crippen LogP contribution in [0.4, 0.5) is 5.69 Å². The fourth-order valence-corrected chi connectivity index (χ4v) is 3.38. The Morgan fingerprint density at radius 3 is 2.96 bits per heavy atom. The molecule has 1 N–H and O–H groups in total. The molecule has 25 heavy (non-hydrogen) atoms. The summed E-state index contributed by atoms with van der Waals surface area (Å²) >= 11 is 0. The minimum Gasteiger partial charge on any atom is -0.371 e. The number of nitrogens with one attached hydrogen (secondary N) is 1. The summed E-state index contributed by atoms with van der Waals surface area (Å²) in [5, 5.41) is 16.7. The average Bonchev–Trinajstić information content (AvgIpc) is 3.29. The average molecular weight is 332 g/mol. The monoisotopic (exact) mass is 332 g/mol. The fourth-order valence-electron chi connectivity index (χ4n) is 3.38. The summed E-state index contributed by atoms with van der Waals surface area (Å²) in [4.78, 5) is 6.80. The number of rotatable bonds is 5. The van der Waals surface area contributed by atoms with Crippen LogP contribution in [0, 0.1) is 17.2 Å². The molecule has 0 saturated carbocycles. The number of anilines is 1.